The third kappa shape index (κ3) is 13.0. The summed E-state index contributed by atoms with van der Waals surface area (Å²) in [5, 5.41) is 5.39. The minimum absolute atomic E-state index is 0. The summed E-state index contributed by atoms with van der Waals surface area (Å²) in [7, 11) is 0. The van der Waals surface area contributed by atoms with Gasteiger partial charge in [-0.15, -0.1) is 12.4 Å². The van der Waals surface area contributed by atoms with Crippen molar-refractivity contribution in [3.8, 4) is 0 Å². The Hall–Kier alpha value is -2.48. The van der Waals surface area contributed by atoms with E-state index in [-0.39, 0.29) is 31.5 Å². The number of rotatable bonds is 14. The number of ether oxygens (including phenoxy) is 5. The largest absolute Gasteiger partial charge is 0.463 e. The Morgan fingerprint density at radius 3 is 2.08 bits per heavy atom. The van der Waals surface area contributed by atoms with Crippen LogP contribution in [0.3, 0.4) is 0 Å². The molecule has 14 heteroatoms. The third-order valence-electron chi connectivity index (χ3n) is 4.85. The van der Waals surface area contributed by atoms with Crippen molar-refractivity contribution in [3.05, 3.63) is 0 Å². The number of nitrogens with one attached hydrogen (secondary N) is 2. The van der Waals surface area contributed by atoms with E-state index in [0.717, 1.165) is 6.92 Å². The van der Waals surface area contributed by atoms with Crippen molar-refractivity contribution in [1.29, 1.82) is 0 Å². The number of amides is 2. The van der Waals surface area contributed by atoms with E-state index in [9.17, 15) is 24.0 Å². The number of halogens is 1. The first-order valence-corrected chi connectivity index (χ1v) is 11.5. The lowest BCUT2D eigenvalue weighted by Gasteiger charge is -2.44. The van der Waals surface area contributed by atoms with Gasteiger partial charge < -0.3 is 40.1 Å². The molecular formula is C22H38ClN3O10. The van der Waals surface area contributed by atoms with Crippen molar-refractivity contribution in [2.24, 2.45) is 5.73 Å². The van der Waals surface area contributed by atoms with Crippen LogP contribution < -0.4 is 16.4 Å². The molecule has 0 aromatic rings. The number of hydrogen-bond donors (Lipinski definition) is 3. The molecule has 0 bridgehead atoms. The predicted octanol–water partition coefficient (Wildman–Crippen LogP) is -0.284. The molecule has 2 amide bonds. The zero-order valence-corrected chi connectivity index (χ0v) is 21.9. The second kappa shape index (κ2) is 17.9. The zero-order chi connectivity index (χ0) is 26.4. The molecule has 13 nitrogen and oxygen atoms in total. The lowest BCUT2D eigenvalue weighted by Crippen LogP contribution is -2.66. The second-order valence-corrected chi connectivity index (χ2v) is 8.04. The van der Waals surface area contributed by atoms with Gasteiger partial charge in [0.15, 0.2) is 18.5 Å². The van der Waals surface area contributed by atoms with Crippen LogP contribution in [-0.4, -0.2) is 86.7 Å². The van der Waals surface area contributed by atoms with Crippen molar-refractivity contribution < 1.29 is 47.7 Å². The number of nitrogens with two attached hydrogens (primary N) is 1. The molecule has 0 radical (unpaired) electrons. The lowest BCUT2D eigenvalue weighted by molar-refractivity contribution is -0.277. The Morgan fingerprint density at radius 2 is 1.53 bits per heavy atom. The van der Waals surface area contributed by atoms with Gasteiger partial charge in [-0.25, -0.2) is 0 Å². The molecule has 0 spiro atoms. The van der Waals surface area contributed by atoms with E-state index in [1.54, 1.807) is 0 Å². The van der Waals surface area contributed by atoms with Crippen molar-refractivity contribution in [1.82, 2.24) is 10.6 Å². The second-order valence-electron chi connectivity index (χ2n) is 8.04. The normalized spacial score (nSPS) is 23.0. The SMILES string of the molecule is CC(=O)N[C@H]1C(OCCCCC(=O)NCCCN)O[C@H](COC(C)=O)[C@H](OC(C)=O)[C@@H]1OC(C)=O.Cl. The smallest absolute Gasteiger partial charge is 0.303 e. The highest BCUT2D eigenvalue weighted by Crippen LogP contribution is 2.28. The highest BCUT2D eigenvalue weighted by molar-refractivity contribution is 5.85. The van der Waals surface area contributed by atoms with Gasteiger partial charge in [-0.2, -0.15) is 0 Å². The number of unbranched alkanes of at least 4 members (excludes halogenated alkanes) is 1. The molecule has 1 aliphatic heterocycles. The summed E-state index contributed by atoms with van der Waals surface area (Å²) in [6.07, 6.45) is -2.47. The summed E-state index contributed by atoms with van der Waals surface area (Å²) >= 11 is 0. The monoisotopic (exact) mass is 539 g/mol. The molecule has 0 saturated carbocycles. The maximum atomic E-state index is 11.9. The highest BCUT2D eigenvalue weighted by atomic mass is 35.5. The van der Waals surface area contributed by atoms with Crippen LogP contribution >= 0.6 is 12.4 Å². The molecule has 1 unspecified atom stereocenters. The van der Waals surface area contributed by atoms with E-state index in [0.29, 0.717) is 38.8 Å². The molecule has 0 aromatic heterocycles. The van der Waals surface area contributed by atoms with Gasteiger partial charge >= 0.3 is 17.9 Å². The zero-order valence-electron chi connectivity index (χ0n) is 21.1. The molecule has 1 rings (SSSR count). The van der Waals surface area contributed by atoms with Crippen LogP contribution in [-0.2, 0) is 47.7 Å². The minimum atomic E-state index is -1.18. The summed E-state index contributed by atoms with van der Waals surface area (Å²) in [4.78, 5) is 58.6. The standard InChI is InChI=1S/C22H37N3O10.ClH/c1-13(26)25-19-21(34-16(4)29)20(33-15(3)28)17(12-32-14(2)27)35-22(19)31-11-6-5-8-18(30)24-10-7-9-23;/h17,19-22H,5-12,23H2,1-4H3,(H,24,30)(H,25,26);1H/t17-,19-,20+,21-,22?;/m1./s1. The quantitative estimate of drug-likeness (QED) is 0.150. The fourth-order valence-electron chi connectivity index (χ4n) is 3.44. The number of carbonyl (C=O) groups is 5. The van der Waals surface area contributed by atoms with Crippen molar-refractivity contribution in [2.45, 2.75) is 84.0 Å². The first-order valence-electron chi connectivity index (χ1n) is 11.5. The summed E-state index contributed by atoms with van der Waals surface area (Å²) in [6.45, 7) is 5.66. The van der Waals surface area contributed by atoms with Crippen molar-refractivity contribution >= 4 is 42.1 Å². The average molecular weight is 540 g/mol. The van der Waals surface area contributed by atoms with E-state index in [4.69, 9.17) is 29.4 Å². The maximum absolute atomic E-state index is 11.9. The molecule has 0 aromatic carbocycles. The number of carbonyl (C=O) groups excluding carboxylic acids is 5. The Kier molecular flexibility index (Phi) is 16.6. The highest BCUT2D eigenvalue weighted by Gasteiger charge is 2.51. The van der Waals surface area contributed by atoms with Gasteiger partial charge in [-0.1, -0.05) is 0 Å². The van der Waals surface area contributed by atoms with E-state index in [2.05, 4.69) is 10.6 Å². The van der Waals surface area contributed by atoms with Crippen LogP contribution in [0.1, 0.15) is 53.4 Å². The fraction of sp³-hybridized carbons (Fsp3) is 0.773. The van der Waals surface area contributed by atoms with Gasteiger partial charge in [-0.3, -0.25) is 24.0 Å². The maximum Gasteiger partial charge on any atom is 0.303 e. The van der Waals surface area contributed by atoms with Crippen molar-refractivity contribution in [2.75, 3.05) is 26.3 Å². The predicted molar refractivity (Wildman–Crippen MR) is 128 cm³/mol. The summed E-state index contributed by atoms with van der Waals surface area (Å²) in [6, 6.07) is -1.02. The molecule has 0 aliphatic carbocycles. The van der Waals surface area contributed by atoms with Gasteiger partial charge in [0.05, 0.1) is 0 Å². The molecule has 4 N–H and O–H groups in total. The molecule has 1 aliphatic rings. The van der Waals surface area contributed by atoms with Gasteiger partial charge in [0.25, 0.3) is 0 Å². The van der Waals surface area contributed by atoms with Crippen LogP contribution in [0.4, 0.5) is 0 Å². The summed E-state index contributed by atoms with van der Waals surface area (Å²) in [5.74, 6) is -2.52. The van der Waals surface area contributed by atoms with E-state index >= 15 is 0 Å². The third-order valence-corrected chi connectivity index (χ3v) is 4.85. The van der Waals surface area contributed by atoms with Crippen LogP contribution in [0.15, 0.2) is 0 Å². The van der Waals surface area contributed by atoms with Gasteiger partial charge in [0, 0.05) is 47.3 Å². The molecule has 1 saturated heterocycles. The first kappa shape index (κ1) is 33.5. The number of esters is 3. The van der Waals surface area contributed by atoms with E-state index in [1.165, 1.54) is 20.8 Å². The molecule has 1 heterocycles. The molecule has 1 fully saturated rings. The lowest BCUT2D eigenvalue weighted by atomic mass is 9.96. The Labute approximate surface area is 216 Å². The van der Waals surface area contributed by atoms with Crippen molar-refractivity contribution in [3.63, 3.8) is 0 Å². The van der Waals surface area contributed by atoms with Gasteiger partial charge in [-0.05, 0) is 25.8 Å². The van der Waals surface area contributed by atoms with E-state index < -0.39 is 54.5 Å². The van der Waals surface area contributed by atoms with Crippen LogP contribution in [0.5, 0.6) is 0 Å². The fourth-order valence-corrected chi connectivity index (χ4v) is 3.44. The molecule has 36 heavy (non-hydrogen) atoms. The first-order chi connectivity index (χ1) is 16.5. The summed E-state index contributed by atoms with van der Waals surface area (Å²) in [5.41, 5.74) is 5.40. The van der Waals surface area contributed by atoms with Gasteiger partial charge in [0.1, 0.15) is 18.8 Å². The molecule has 5 atom stereocenters. The van der Waals surface area contributed by atoms with Crippen LogP contribution in [0.25, 0.3) is 0 Å². The Morgan fingerprint density at radius 1 is 0.889 bits per heavy atom. The van der Waals surface area contributed by atoms with Crippen LogP contribution in [0.2, 0.25) is 0 Å². The van der Waals surface area contributed by atoms with E-state index in [1.807, 2.05) is 0 Å². The Bertz CT molecular complexity index is 739. The van der Waals surface area contributed by atoms with Crippen LogP contribution in [0, 0.1) is 0 Å². The minimum Gasteiger partial charge on any atom is -0.463 e. The molecular weight excluding hydrogens is 502 g/mol. The topological polar surface area (TPSA) is 182 Å². The Balaban J connectivity index is 0.0000122. The number of hydrogen-bond acceptors (Lipinski definition) is 11. The average Bonchev–Trinajstić information content (AvgIpc) is 2.75. The van der Waals surface area contributed by atoms with Gasteiger partial charge in [0.2, 0.25) is 11.8 Å². The molecule has 208 valence electrons. The summed E-state index contributed by atoms with van der Waals surface area (Å²) < 4.78 is 27.5.